The van der Waals surface area contributed by atoms with Gasteiger partial charge in [-0.15, -0.1) is 0 Å². The highest BCUT2D eigenvalue weighted by atomic mass is 16.5. The van der Waals surface area contributed by atoms with Crippen LogP contribution in [0, 0.1) is 0 Å². The summed E-state index contributed by atoms with van der Waals surface area (Å²) in [7, 11) is 0. The maximum atomic E-state index is 12.1. The van der Waals surface area contributed by atoms with Crippen LogP contribution >= 0.6 is 0 Å². The number of H-pyrrole nitrogens is 1. The number of carbonyl (C=O) groups excluding carboxylic acids is 1. The molecule has 0 radical (unpaired) electrons. The molecule has 3 aromatic rings. The highest BCUT2D eigenvalue weighted by Gasteiger charge is 2.16. The molecule has 3 N–H and O–H groups in total. The lowest BCUT2D eigenvalue weighted by molar-refractivity contribution is -0.117. The second-order valence-corrected chi connectivity index (χ2v) is 6.16. The monoisotopic (exact) mass is 336 g/mol. The number of ether oxygens (including phenoxy) is 1. The number of aromatic nitrogens is 2. The summed E-state index contributed by atoms with van der Waals surface area (Å²) < 4.78 is 5.37. The number of imidazole rings is 1. The largest absolute Gasteiger partial charge is 0.378 e. The summed E-state index contributed by atoms with van der Waals surface area (Å²) in [4.78, 5) is 20.0. The summed E-state index contributed by atoms with van der Waals surface area (Å²) in [5.74, 6) is 0.808. The molecule has 25 heavy (non-hydrogen) atoms. The Kier molecular flexibility index (Phi) is 4.45. The van der Waals surface area contributed by atoms with E-state index in [2.05, 4.69) is 20.6 Å². The van der Waals surface area contributed by atoms with Crippen molar-refractivity contribution in [2.24, 2.45) is 0 Å². The molecule has 0 aliphatic carbocycles. The number of nitrogens with one attached hydrogen (secondary N) is 3. The number of aromatic amines is 1. The van der Waals surface area contributed by atoms with Gasteiger partial charge in [0.25, 0.3) is 0 Å². The van der Waals surface area contributed by atoms with Crippen molar-refractivity contribution in [2.75, 3.05) is 25.1 Å². The third-order valence-electron chi connectivity index (χ3n) is 4.26. The second-order valence-electron chi connectivity index (χ2n) is 6.16. The predicted molar refractivity (Wildman–Crippen MR) is 97.4 cm³/mol. The van der Waals surface area contributed by atoms with Crippen molar-refractivity contribution in [3.05, 3.63) is 48.5 Å². The number of amides is 1. The fourth-order valence-corrected chi connectivity index (χ4v) is 2.99. The molecule has 1 fully saturated rings. The van der Waals surface area contributed by atoms with E-state index in [-0.39, 0.29) is 11.9 Å². The van der Waals surface area contributed by atoms with Gasteiger partial charge in [0.1, 0.15) is 5.82 Å². The number of hydrogen-bond acceptors (Lipinski definition) is 4. The zero-order chi connectivity index (χ0) is 17.1. The molecule has 2 heterocycles. The predicted octanol–water partition coefficient (Wildman–Crippen LogP) is 2.55. The van der Waals surface area contributed by atoms with Crippen LogP contribution in [0.2, 0.25) is 0 Å². The molecule has 0 bridgehead atoms. The molecule has 1 amide bonds. The Labute approximate surface area is 145 Å². The minimum absolute atomic E-state index is 0.0144. The first-order valence-corrected chi connectivity index (χ1v) is 8.44. The average Bonchev–Trinajstić information content (AvgIpc) is 3.07. The van der Waals surface area contributed by atoms with Gasteiger partial charge in [0.15, 0.2) is 0 Å². The number of benzene rings is 2. The minimum atomic E-state index is -0.0144. The maximum Gasteiger partial charge on any atom is 0.226 e. The number of morpholine rings is 1. The SMILES string of the molecule is O=C(C[C@H]1COCCN1)Nc1ccc(-c2nc3ccccc3[nH]2)cc1. The van der Waals surface area contributed by atoms with Crippen molar-refractivity contribution >= 4 is 22.6 Å². The summed E-state index contributed by atoms with van der Waals surface area (Å²) in [5.41, 5.74) is 3.72. The fourth-order valence-electron chi connectivity index (χ4n) is 2.99. The molecule has 0 unspecified atom stereocenters. The van der Waals surface area contributed by atoms with E-state index in [1.54, 1.807) is 0 Å². The highest BCUT2D eigenvalue weighted by Crippen LogP contribution is 2.22. The van der Waals surface area contributed by atoms with Gasteiger partial charge in [0, 0.05) is 30.3 Å². The molecule has 1 aliphatic heterocycles. The second kappa shape index (κ2) is 7.04. The van der Waals surface area contributed by atoms with Crippen molar-refractivity contribution in [3.63, 3.8) is 0 Å². The summed E-state index contributed by atoms with van der Waals surface area (Å²) in [5, 5.41) is 6.21. The molecule has 0 spiro atoms. The lowest BCUT2D eigenvalue weighted by atomic mass is 10.1. The van der Waals surface area contributed by atoms with Crippen LogP contribution in [0.3, 0.4) is 0 Å². The molecule has 4 rings (SSSR count). The van der Waals surface area contributed by atoms with Crippen LogP contribution in [0.25, 0.3) is 22.4 Å². The molecular weight excluding hydrogens is 316 g/mol. The number of anilines is 1. The number of para-hydroxylation sites is 2. The topological polar surface area (TPSA) is 79.0 Å². The smallest absolute Gasteiger partial charge is 0.226 e. The molecule has 1 saturated heterocycles. The maximum absolute atomic E-state index is 12.1. The Morgan fingerprint density at radius 3 is 2.80 bits per heavy atom. The average molecular weight is 336 g/mol. The summed E-state index contributed by atoms with van der Waals surface area (Å²) >= 11 is 0. The Balaban J connectivity index is 1.41. The van der Waals surface area contributed by atoms with E-state index in [4.69, 9.17) is 4.74 Å². The van der Waals surface area contributed by atoms with E-state index in [9.17, 15) is 4.79 Å². The molecule has 6 heteroatoms. The van der Waals surface area contributed by atoms with Crippen molar-refractivity contribution in [3.8, 4) is 11.4 Å². The summed E-state index contributed by atoms with van der Waals surface area (Å²) in [6, 6.07) is 15.7. The molecular formula is C19H20N4O2. The summed E-state index contributed by atoms with van der Waals surface area (Å²) in [6.07, 6.45) is 0.408. The van der Waals surface area contributed by atoms with E-state index in [1.165, 1.54) is 0 Å². The lowest BCUT2D eigenvalue weighted by Gasteiger charge is -2.23. The summed E-state index contributed by atoms with van der Waals surface area (Å²) in [6.45, 7) is 2.09. The van der Waals surface area contributed by atoms with Crippen molar-refractivity contribution in [1.29, 1.82) is 0 Å². The number of rotatable bonds is 4. The fraction of sp³-hybridized carbons (Fsp3) is 0.263. The van der Waals surface area contributed by atoms with Gasteiger partial charge in [0.05, 0.1) is 24.2 Å². The molecule has 1 aliphatic rings. The minimum Gasteiger partial charge on any atom is -0.378 e. The first kappa shape index (κ1) is 15.8. The quantitative estimate of drug-likeness (QED) is 0.684. The first-order valence-electron chi connectivity index (χ1n) is 8.44. The first-order chi connectivity index (χ1) is 12.3. The molecule has 6 nitrogen and oxygen atoms in total. The van der Waals surface area contributed by atoms with Gasteiger partial charge in [-0.05, 0) is 36.4 Å². The third kappa shape index (κ3) is 3.70. The Morgan fingerprint density at radius 1 is 1.20 bits per heavy atom. The normalized spacial score (nSPS) is 17.5. The van der Waals surface area contributed by atoms with Gasteiger partial charge in [-0.3, -0.25) is 4.79 Å². The molecule has 128 valence electrons. The zero-order valence-electron chi connectivity index (χ0n) is 13.8. The van der Waals surface area contributed by atoms with E-state index < -0.39 is 0 Å². The van der Waals surface area contributed by atoms with Crippen LogP contribution in [-0.4, -0.2) is 41.7 Å². The van der Waals surface area contributed by atoms with Crippen LogP contribution in [0.4, 0.5) is 5.69 Å². The van der Waals surface area contributed by atoms with E-state index in [1.807, 2.05) is 48.5 Å². The van der Waals surface area contributed by atoms with Crippen LogP contribution in [0.15, 0.2) is 48.5 Å². The zero-order valence-corrected chi connectivity index (χ0v) is 13.8. The van der Waals surface area contributed by atoms with Crippen LogP contribution in [-0.2, 0) is 9.53 Å². The van der Waals surface area contributed by atoms with Crippen LogP contribution in [0.1, 0.15) is 6.42 Å². The van der Waals surface area contributed by atoms with E-state index in [0.29, 0.717) is 19.6 Å². The van der Waals surface area contributed by atoms with Crippen molar-refractivity contribution < 1.29 is 9.53 Å². The highest BCUT2D eigenvalue weighted by molar-refractivity contribution is 5.91. The van der Waals surface area contributed by atoms with Crippen LogP contribution < -0.4 is 10.6 Å². The van der Waals surface area contributed by atoms with Gasteiger partial charge in [0.2, 0.25) is 5.91 Å². The third-order valence-corrected chi connectivity index (χ3v) is 4.26. The van der Waals surface area contributed by atoms with Crippen molar-refractivity contribution in [1.82, 2.24) is 15.3 Å². The molecule has 1 aromatic heterocycles. The number of fused-ring (bicyclic) bond motifs is 1. The molecule has 2 aromatic carbocycles. The number of hydrogen-bond donors (Lipinski definition) is 3. The van der Waals surface area contributed by atoms with E-state index in [0.717, 1.165) is 34.7 Å². The lowest BCUT2D eigenvalue weighted by Crippen LogP contribution is -2.43. The Hall–Kier alpha value is -2.70. The van der Waals surface area contributed by atoms with Crippen molar-refractivity contribution in [2.45, 2.75) is 12.5 Å². The van der Waals surface area contributed by atoms with Gasteiger partial charge in [-0.2, -0.15) is 0 Å². The molecule has 1 atom stereocenters. The van der Waals surface area contributed by atoms with Gasteiger partial charge >= 0.3 is 0 Å². The van der Waals surface area contributed by atoms with Crippen LogP contribution in [0.5, 0.6) is 0 Å². The van der Waals surface area contributed by atoms with E-state index >= 15 is 0 Å². The Morgan fingerprint density at radius 2 is 2.04 bits per heavy atom. The number of carbonyl (C=O) groups is 1. The molecule has 0 saturated carbocycles. The van der Waals surface area contributed by atoms with Gasteiger partial charge in [-0.25, -0.2) is 4.98 Å². The van der Waals surface area contributed by atoms with Gasteiger partial charge in [-0.1, -0.05) is 12.1 Å². The standard InChI is InChI=1S/C19H20N4O2/c24-18(11-15-12-25-10-9-20-15)21-14-7-5-13(6-8-14)19-22-16-3-1-2-4-17(16)23-19/h1-8,15,20H,9-12H2,(H,21,24)(H,22,23)/t15-/m0/s1. The Bertz CT molecular complexity index is 834. The van der Waals surface area contributed by atoms with Gasteiger partial charge < -0.3 is 20.4 Å². The number of nitrogens with zero attached hydrogens (tertiary/aromatic N) is 1.